The number of carbonyl (C=O) groups excluding carboxylic acids is 2. The van der Waals surface area contributed by atoms with E-state index in [1.807, 2.05) is 0 Å². The molecule has 0 aliphatic carbocycles. The van der Waals surface area contributed by atoms with Crippen LogP contribution in [-0.4, -0.2) is 21.8 Å². The van der Waals surface area contributed by atoms with Gasteiger partial charge in [-0.25, -0.2) is 0 Å². The number of amides is 2. The highest BCUT2D eigenvalue weighted by molar-refractivity contribution is 7.80. The number of hydrogen-bond acceptors (Lipinski definition) is 5. The van der Waals surface area contributed by atoms with Crippen molar-refractivity contribution in [2.24, 2.45) is 0 Å². The summed E-state index contributed by atoms with van der Waals surface area (Å²) in [6.45, 7) is 0.101. The molecular weight excluding hydrogens is 435 g/mol. The van der Waals surface area contributed by atoms with E-state index in [0.29, 0.717) is 32.9 Å². The quantitative estimate of drug-likeness (QED) is 0.357. The molecule has 2 amide bonds. The summed E-state index contributed by atoms with van der Waals surface area (Å²) in [7, 11) is 0. The number of benzene rings is 1. The molecule has 1 aliphatic heterocycles. The Hall–Kier alpha value is -2.87. The molecular formula is C20H12Cl2N2O4S. The van der Waals surface area contributed by atoms with Crippen LogP contribution in [0.2, 0.25) is 10.0 Å². The first-order valence-electron chi connectivity index (χ1n) is 8.39. The van der Waals surface area contributed by atoms with Crippen molar-refractivity contribution in [2.45, 2.75) is 6.54 Å². The van der Waals surface area contributed by atoms with Gasteiger partial charge in [-0.05, 0) is 60.8 Å². The molecule has 0 spiro atoms. The van der Waals surface area contributed by atoms with Crippen molar-refractivity contribution < 1.29 is 18.4 Å². The zero-order chi connectivity index (χ0) is 20.5. The maximum Gasteiger partial charge on any atom is 0.266 e. The first kappa shape index (κ1) is 19.4. The summed E-state index contributed by atoms with van der Waals surface area (Å²) < 4.78 is 11.0. The van der Waals surface area contributed by atoms with Gasteiger partial charge < -0.3 is 8.83 Å². The molecule has 1 N–H and O–H groups in total. The molecule has 2 aromatic heterocycles. The topological polar surface area (TPSA) is 75.7 Å². The van der Waals surface area contributed by atoms with Crippen molar-refractivity contribution in [3.05, 3.63) is 75.9 Å². The van der Waals surface area contributed by atoms with Gasteiger partial charge in [-0.1, -0.05) is 23.2 Å². The molecule has 0 saturated carbocycles. The molecule has 4 rings (SSSR count). The fourth-order valence-electron chi connectivity index (χ4n) is 2.80. The van der Waals surface area contributed by atoms with Gasteiger partial charge in [0.25, 0.3) is 11.8 Å². The Morgan fingerprint density at radius 3 is 2.72 bits per heavy atom. The molecule has 1 fully saturated rings. The van der Waals surface area contributed by atoms with Gasteiger partial charge in [0.2, 0.25) is 0 Å². The molecule has 0 atom stereocenters. The third-order valence-electron chi connectivity index (χ3n) is 4.19. The van der Waals surface area contributed by atoms with Crippen molar-refractivity contribution in [1.82, 2.24) is 10.2 Å². The molecule has 29 heavy (non-hydrogen) atoms. The highest BCUT2D eigenvalue weighted by Gasteiger charge is 2.34. The maximum atomic E-state index is 12.8. The van der Waals surface area contributed by atoms with Gasteiger partial charge in [-0.15, -0.1) is 0 Å². The third kappa shape index (κ3) is 3.98. The molecule has 1 aliphatic rings. The summed E-state index contributed by atoms with van der Waals surface area (Å²) in [6, 6.07) is 11.7. The van der Waals surface area contributed by atoms with Gasteiger partial charge in [0, 0.05) is 10.6 Å². The van der Waals surface area contributed by atoms with Crippen molar-refractivity contribution in [1.29, 1.82) is 0 Å². The number of rotatable bonds is 4. The maximum absolute atomic E-state index is 12.8. The van der Waals surface area contributed by atoms with Gasteiger partial charge in [0.1, 0.15) is 22.9 Å². The highest BCUT2D eigenvalue weighted by Crippen LogP contribution is 2.32. The van der Waals surface area contributed by atoms with Crippen LogP contribution in [0.1, 0.15) is 11.5 Å². The lowest BCUT2D eigenvalue weighted by Gasteiger charge is -2.27. The fourth-order valence-corrected chi connectivity index (χ4v) is 3.42. The van der Waals surface area contributed by atoms with Gasteiger partial charge in [0.15, 0.2) is 5.11 Å². The number of halogens is 2. The molecule has 3 heterocycles. The van der Waals surface area contributed by atoms with E-state index in [1.165, 1.54) is 17.2 Å². The third-order valence-corrected chi connectivity index (χ3v) is 5.07. The number of nitrogens with one attached hydrogen (secondary N) is 1. The first-order valence-corrected chi connectivity index (χ1v) is 9.55. The normalized spacial score (nSPS) is 15.9. The van der Waals surface area contributed by atoms with E-state index >= 15 is 0 Å². The number of carbonyl (C=O) groups is 2. The van der Waals surface area contributed by atoms with Crippen LogP contribution in [0, 0.1) is 0 Å². The molecule has 0 bridgehead atoms. The van der Waals surface area contributed by atoms with E-state index in [-0.39, 0.29) is 17.2 Å². The average Bonchev–Trinajstić information content (AvgIpc) is 3.36. The van der Waals surface area contributed by atoms with Crippen molar-refractivity contribution in [3.8, 4) is 11.3 Å². The monoisotopic (exact) mass is 446 g/mol. The van der Waals surface area contributed by atoms with Crippen LogP contribution in [0.3, 0.4) is 0 Å². The fraction of sp³-hybridized carbons (Fsp3) is 0.0500. The molecule has 6 nitrogen and oxygen atoms in total. The SMILES string of the molecule is O=C1NC(=S)N(Cc2ccco2)C(=O)/C1=C\c1ccc(-c2cc(Cl)ccc2Cl)o1. The van der Waals surface area contributed by atoms with Crippen LogP contribution in [0.4, 0.5) is 0 Å². The van der Waals surface area contributed by atoms with Crippen LogP contribution >= 0.6 is 35.4 Å². The number of hydrogen-bond donors (Lipinski definition) is 1. The Kier molecular flexibility index (Phi) is 5.27. The van der Waals surface area contributed by atoms with Crippen LogP contribution < -0.4 is 5.32 Å². The summed E-state index contributed by atoms with van der Waals surface area (Å²) in [4.78, 5) is 26.4. The Morgan fingerprint density at radius 2 is 1.97 bits per heavy atom. The number of nitrogens with zero attached hydrogens (tertiary/aromatic N) is 1. The Labute approximate surface area is 180 Å². The van der Waals surface area contributed by atoms with Crippen molar-refractivity contribution in [3.63, 3.8) is 0 Å². The summed E-state index contributed by atoms with van der Waals surface area (Å²) in [6.07, 6.45) is 2.85. The first-order chi connectivity index (χ1) is 13.9. The number of furan rings is 2. The zero-order valence-electron chi connectivity index (χ0n) is 14.6. The molecule has 0 unspecified atom stereocenters. The lowest BCUT2D eigenvalue weighted by molar-refractivity contribution is -0.129. The standard InChI is InChI=1S/C20H12Cl2N2O4S/c21-11-3-5-16(22)14(8-11)17-6-4-12(28-17)9-15-18(25)23-20(29)24(19(15)26)10-13-2-1-7-27-13/h1-9H,10H2,(H,23,25,29)/b15-9-. The molecule has 146 valence electrons. The van der Waals surface area contributed by atoms with E-state index < -0.39 is 11.8 Å². The second-order valence-electron chi connectivity index (χ2n) is 6.11. The molecule has 1 aromatic carbocycles. The smallest absolute Gasteiger partial charge is 0.266 e. The van der Waals surface area contributed by atoms with Crippen molar-refractivity contribution >= 4 is 58.4 Å². The van der Waals surface area contributed by atoms with E-state index in [1.54, 1.807) is 42.5 Å². The minimum Gasteiger partial charge on any atom is -0.467 e. The van der Waals surface area contributed by atoms with Gasteiger partial charge in [0.05, 0.1) is 17.8 Å². The van der Waals surface area contributed by atoms with E-state index in [9.17, 15) is 9.59 Å². The molecule has 9 heteroatoms. The van der Waals surface area contributed by atoms with Gasteiger partial charge >= 0.3 is 0 Å². The molecule has 0 radical (unpaired) electrons. The lowest BCUT2D eigenvalue weighted by atomic mass is 10.1. The van der Waals surface area contributed by atoms with E-state index in [4.69, 9.17) is 44.3 Å². The predicted octanol–water partition coefficient (Wildman–Crippen LogP) is 4.67. The van der Waals surface area contributed by atoms with Gasteiger partial charge in [-0.3, -0.25) is 19.8 Å². The second-order valence-corrected chi connectivity index (χ2v) is 7.34. The van der Waals surface area contributed by atoms with Crippen LogP contribution in [-0.2, 0) is 16.1 Å². The predicted molar refractivity (Wildman–Crippen MR) is 112 cm³/mol. The zero-order valence-corrected chi connectivity index (χ0v) is 17.0. The number of thiocarbonyl (C=S) groups is 1. The van der Waals surface area contributed by atoms with E-state index in [0.717, 1.165) is 0 Å². The second kappa shape index (κ2) is 7.87. The lowest BCUT2D eigenvalue weighted by Crippen LogP contribution is -2.53. The summed E-state index contributed by atoms with van der Waals surface area (Å²) in [5, 5.41) is 3.49. The Bertz CT molecular complexity index is 1150. The highest BCUT2D eigenvalue weighted by atomic mass is 35.5. The summed E-state index contributed by atoms with van der Waals surface area (Å²) in [5.74, 6) is 0.145. The van der Waals surface area contributed by atoms with Crippen LogP contribution in [0.15, 0.2) is 63.1 Å². The molecule has 1 saturated heterocycles. The van der Waals surface area contributed by atoms with Gasteiger partial charge in [-0.2, -0.15) is 0 Å². The average molecular weight is 447 g/mol. The Morgan fingerprint density at radius 1 is 1.14 bits per heavy atom. The Balaban J connectivity index is 1.64. The summed E-state index contributed by atoms with van der Waals surface area (Å²) >= 11 is 17.3. The minimum atomic E-state index is -0.602. The van der Waals surface area contributed by atoms with Crippen molar-refractivity contribution in [2.75, 3.05) is 0 Å². The van der Waals surface area contributed by atoms with Crippen LogP contribution in [0.5, 0.6) is 0 Å². The minimum absolute atomic E-state index is 0.0133. The molecule has 3 aromatic rings. The largest absolute Gasteiger partial charge is 0.467 e. The summed E-state index contributed by atoms with van der Waals surface area (Å²) in [5.41, 5.74) is 0.493. The van der Waals surface area contributed by atoms with E-state index in [2.05, 4.69) is 5.32 Å². The van der Waals surface area contributed by atoms with Crippen LogP contribution in [0.25, 0.3) is 17.4 Å².